The molecular formula is C12H23N3O3. The molecule has 0 saturated heterocycles. The van der Waals surface area contributed by atoms with Crippen LogP contribution in [0, 0.1) is 5.92 Å². The Bertz CT molecular complexity index is 290. The van der Waals surface area contributed by atoms with E-state index in [1.807, 2.05) is 18.9 Å². The summed E-state index contributed by atoms with van der Waals surface area (Å²) in [6.45, 7) is 3.49. The molecule has 1 rings (SSSR count). The lowest BCUT2D eigenvalue weighted by molar-refractivity contribution is -0.121. The van der Waals surface area contributed by atoms with Gasteiger partial charge >= 0.3 is 6.03 Å². The van der Waals surface area contributed by atoms with Gasteiger partial charge in [0.1, 0.15) is 0 Å². The number of urea groups is 1. The van der Waals surface area contributed by atoms with E-state index in [-0.39, 0.29) is 18.6 Å². The number of aliphatic hydroxyl groups is 1. The molecule has 0 atom stereocenters. The van der Waals surface area contributed by atoms with Crippen LogP contribution in [0.25, 0.3) is 0 Å². The van der Waals surface area contributed by atoms with Gasteiger partial charge in [-0.15, -0.1) is 0 Å². The Kier molecular flexibility index (Phi) is 6.07. The van der Waals surface area contributed by atoms with Crippen LogP contribution in [-0.4, -0.2) is 54.7 Å². The zero-order valence-corrected chi connectivity index (χ0v) is 11.1. The molecule has 6 nitrogen and oxygen atoms in total. The molecule has 104 valence electrons. The zero-order chi connectivity index (χ0) is 13.5. The number of amides is 3. The Balaban J connectivity index is 2.12. The Hall–Kier alpha value is -1.14. The van der Waals surface area contributed by atoms with Crippen molar-refractivity contribution in [3.05, 3.63) is 0 Å². The highest BCUT2D eigenvalue weighted by molar-refractivity contribution is 5.95. The molecule has 0 spiro atoms. The molecule has 18 heavy (non-hydrogen) atoms. The van der Waals surface area contributed by atoms with E-state index < -0.39 is 6.03 Å². The van der Waals surface area contributed by atoms with Crippen LogP contribution < -0.4 is 10.6 Å². The second-order valence-electron chi connectivity index (χ2n) is 4.99. The van der Waals surface area contributed by atoms with Gasteiger partial charge in [0.2, 0.25) is 5.91 Å². The third-order valence-electron chi connectivity index (χ3n) is 2.98. The topological polar surface area (TPSA) is 81.7 Å². The fraction of sp³-hybridized carbons (Fsp3) is 0.833. The van der Waals surface area contributed by atoms with Crippen LogP contribution in [0.3, 0.4) is 0 Å². The van der Waals surface area contributed by atoms with E-state index in [9.17, 15) is 9.59 Å². The molecule has 0 aromatic rings. The highest BCUT2D eigenvalue weighted by atomic mass is 16.3. The molecule has 3 N–H and O–H groups in total. The number of nitrogens with one attached hydrogen (secondary N) is 2. The minimum atomic E-state index is -0.436. The Morgan fingerprint density at radius 1 is 1.39 bits per heavy atom. The summed E-state index contributed by atoms with van der Waals surface area (Å²) in [5.41, 5.74) is 0. The minimum absolute atomic E-state index is 0.169. The molecule has 0 aliphatic heterocycles. The van der Waals surface area contributed by atoms with Crippen LogP contribution in [0.1, 0.15) is 26.2 Å². The summed E-state index contributed by atoms with van der Waals surface area (Å²) in [6.07, 6.45) is 2.29. The molecule has 3 amide bonds. The molecule has 1 aliphatic carbocycles. The largest absolute Gasteiger partial charge is 0.393 e. The van der Waals surface area contributed by atoms with Crippen molar-refractivity contribution in [2.45, 2.75) is 32.3 Å². The summed E-state index contributed by atoms with van der Waals surface area (Å²) in [5, 5.41) is 14.0. The second kappa shape index (κ2) is 7.33. The molecule has 0 unspecified atom stereocenters. The highest BCUT2D eigenvalue weighted by Gasteiger charge is 2.28. The molecule has 0 aromatic carbocycles. The van der Waals surface area contributed by atoms with E-state index in [2.05, 4.69) is 10.6 Å². The molecule has 0 radical (unpaired) electrons. The van der Waals surface area contributed by atoms with E-state index in [0.717, 1.165) is 25.8 Å². The molecule has 1 fully saturated rings. The highest BCUT2D eigenvalue weighted by Crippen LogP contribution is 2.27. The molecule has 1 saturated carbocycles. The summed E-state index contributed by atoms with van der Waals surface area (Å²) in [6, 6.07) is -0.436. The van der Waals surface area contributed by atoms with Gasteiger partial charge in [-0.3, -0.25) is 15.0 Å². The van der Waals surface area contributed by atoms with Crippen molar-refractivity contribution in [1.82, 2.24) is 15.5 Å². The molecule has 1 aliphatic rings. The standard InChI is InChI=1S/C12H23N3O3/c1-3-4-13-12(18)14-11(17)8-15(2)7-9-5-10(16)6-9/h9-10,16H,3-8H2,1-2H3,(H2,13,14,17,18). The quantitative estimate of drug-likeness (QED) is 0.622. The molecule has 0 aromatic heterocycles. The number of imide groups is 1. The molecule has 0 heterocycles. The van der Waals surface area contributed by atoms with E-state index in [4.69, 9.17) is 5.11 Å². The summed E-state index contributed by atoms with van der Waals surface area (Å²) >= 11 is 0. The van der Waals surface area contributed by atoms with Gasteiger partial charge in [-0.05, 0) is 32.2 Å². The SMILES string of the molecule is CCCNC(=O)NC(=O)CN(C)CC1CC(O)C1. The predicted molar refractivity (Wildman–Crippen MR) is 68.1 cm³/mol. The van der Waals surface area contributed by atoms with Gasteiger partial charge in [0, 0.05) is 13.1 Å². The van der Waals surface area contributed by atoms with Crippen molar-refractivity contribution >= 4 is 11.9 Å². The molecular weight excluding hydrogens is 234 g/mol. The normalized spacial score (nSPS) is 22.4. The van der Waals surface area contributed by atoms with Gasteiger partial charge in [0.25, 0.3) is 0 Å². The number of rotatable bonds is 6. The third-order valence-corrected chi connectivity index (χ3v) is 2.98. The fourth-order valence-corrected chi connectivity index (χ4v) is 2.05. The lowest BCUT2D eigenvalue weighted by Crippen LogP contribution is -2.45. The number of hydrogen-bond acceptors (Lipinski definition) is 4. The van der Waals surface area contributed by atoms with E-state index in [0.29, 0.717) is 12.5 Å². The maximum atomic E-state index is 11.5. The lowest BCUT2D eigenvalue weighted by Gasteiger charge is -2.34. The molecule has 0 bridgehead atoms. The Labute approximate surface area is 108 Å². The minimum Gasteiger partial charge on any atom is -0.393 e. The van der Waals surface area contributed by atoms with E-state index in [1.54, 1.807) is 0 Å². The number of carbonyl (C=O) groups excluding carboxylic acids is 2. The fourth-order valence-electron chi connectivity index (χ4n) is 2.05. The van der Waals surface area contributed by atoms with Gasteiger partial charge in [0.15, 0.2) is 0 Å². The van der Waals surface area contributed by atoms with E-state index in [1.165, 1.54) is 0 Å². The van der Waals surface area contributed by atoms with Crippen molar-refractivity contribution in [1.29, 1.82) is 0 Å². The monoisotopic (exact) mass is 257 g/mol. The number of carbonyl (C=O) groups is 2. The lowest BCUT2D eigenvalue weighted by atomic mass is 9.82. The van der Waals surface area contributed by atoms with Crippen LogP contribution in [0.15, 0.2) is 0 Å². The van der Waals surface area contributed by atoms with Crippen LogP contribution in [0.2, 0.25) is 0 Å². The first-order valence-corrected chi connectivity index (χ1v) is 6.45. The van der Waals surface area contributed by atoms with Crippen molar-refractivity contribution in [3.8, 4) is 0 Å². The number of likely N-dealkylation sites (N-methyl/N-ethyl adjacent to an activating group) is 1. The maximum absolute atomic E-state index is 11.5. The van der Waals surface area contributed by atoms with Crippen LogP contribution in [0.4, 0.5) is 4.79 Å². The van der Waals surface area contributed by atoms with E-state index >= 15 is 0 Å². The van der Waals surface area contributed by atoms with Gasteiger partial charge in [-0.2, -0.15) is 0 Å². The zero-order valence-electron chi connectivity index (χ0n) is 11.1. The van der Waals surface area contributed by atoms with Gasteiger partial charge < -0.3 is 10.4 Å². The summed E-state index contributed by atoms with van der Waals surface area (Å²) in [5.74, 6) is 0.165. The average molecular weight is 257 g/mol. The van der Waals surface area contributed by atoms with Gasteiger partial charge in [-0.25, -0.2) is 4.79 Å². The van der Waals surface area contributed by atoms with Crippen molar-refractivity contribution < 1.29 is 14.7 Å². The maximum Gasteiger partial charge on any atom is 0.321 e. The first-order chi connectivity index (χ1) is 8.51. The Morgan fingerprint density at radius 3 is 2.61 bits per heavy atom. The van der Waals surface area contributed by atoms with Crippen molar-refractivity contribution in [2.75, 3.05) is 26.7 Å². The van der Waals surface area contributed by atoms with Crippen molar-refractivity contribution in [3.63, 3.8) is 0 Å². The number of aliphatic hydroxyl groups excluding tert-OH is 1. The second-order valence-corrected chi connectivity index (χ2v) is 4.99. The first kappa shape index (κ1) is 14.9. The number of nitrogens with zero attached hydrogens (tertiary/aromatic N) is 1. The van der Waals surface area contributed by atoms with Gasteiger partial charge in [-0.1, -0.05) is 6.92 Å². The summed E-state index contributed by atoms with van der Waals surface area (Å²) in [7, 11) is 1.84. The van der Waals surface area contributed by atoms with Gasteiger partial charge in [0.05, 0.1) is 12.6 Å². The smallest absolute Gasteiger partial charge is 0.321 e. The van der Waals surface area contributed by atoms with Crippen molar-refractivity contribution in [2.24, 2.45) is 5.92 Å². The van der Waals surface area contributed by atoms with Crippen LogP contribution >= 0.6 is 0 Å². The Morgan fingerprint density at radius 2 is 2.06 bits per heavy atom. The predicted octanol–water partition coefficient (Wildman–Crippen LogP) is -0.0751. The summed E-state index contributed by atoms with van der Waals surface area (Å²) in [4.78, 5) is 24.6. The average Bonchev–Trinajstić information content (AvgIpc) is 2.23. The first-order valence-electron chi connectivity index (χ1n) is 6.45. The molecule has 6 heteroatoms. The van der Waals surface area contributed by atoms with Crippen LogP contribution in [0.5, 0.6) is 0 Å². The van der Waals surface area contributed by atoms with Crippen LogP contribution in [-0.2, 0) is 4.79 Å². The summed E-state index contributed by atoms with van der Waals surface area (Å²) < 4.78 is 0. The number of hydrogen-bond donors (Lipinski definition) is 3. The third kappa shape index (κ3) is 5.46.